The lowest BCUT2D eigenvalue weighted by molar-refractivity contribution is 0.0105. The first-order valence-corrected chi connectivity index (χ1v) is 15.0. The van der Waals surface area contributed by atoms with Gasteiger partial charge in [-0.3, -0.25) is 0 Å². The summed E-state index contributed by atoms with van der Waals surface area (Å²) >= 11 is 0. The maximum absolute atomic E-state index is 6.54. The van der Waals surface area contributed by atoms with Gasteiger partial charge in [-0.1, -0.05) is 36.4 Å². The molecule has 3 aromatic rings. The summed E-state index contributed by atoms with van der Waals surface area (Å²) in [5.74, 6) is 2.90. The summed E-state index contributed by atoms with van der Waals surface area (Å²) in [5.41, 5.74) is 3.58. The Morgan fingerprint density at radius 3 is 2.50 bits per heavy atom. The average Bonchev–Trinajstić information content (AvgIpc) is 3.05. The first-order valence-electron chi connectivity index (χ1n) is 15.0. The number of ether oxygens (including phenoxy) is 6. The van der Waals surface area contributed by atoms with Crippen LogP contribution in [0, 0.1) is 0 Å². The summed E-state index contributed by atoms with van der Waals surface area (Å²) in [6.07, 6.45) is 1.94. The Hall–Kier alpha value is -3.30. The van der Waals surface area contributed by atoms with E-state index in [0.717, 1.165) is 74.1 Å². The molecule has 8 heteroatoms. The van der Waals surface area contributed by atoms with Crippen LogP contribution in [0.25, 0.3) is 0 Å². The second-order valence-corrected chi connectivity index (χ2v) is 10.8. The maximum Gasteiger partial charge on any atom is 0.142 e. The zero-order chi connectivity index (χ0) is 29.0. The molecule has 42 heavy (non-hydrogen) atoms. The predicted octanol–water partition coefficient (Wildman–Crippen LogP) is 5.06. The molecular formula is C34H44N2O6. The van der Waals surface area contributed by atoms with E-state index in [4.69, 9.17) is 28.4 Å². The molecule has 2 aliphatic rings. The van der Waals surface area contributed by atoms with Gasteiger partial charge in [-0.05, 0) is 66.9 Å². The van der Waals surface area contributed by atoms with Crippen LogP contribution in [0.2, 0.25) is 0 Å². The maximum atomic E-state index is 6.54. The van der Waals surface area contributed by atoms with Crippen molar-refractivity contribution < 1.29 is 28.4 Å². The Labute approximate surface area is 249 Å². The van der Waals surface area contributed by atoms with Crippen molar-refractivity contribution in [1.29, 1.82) is 0 Å². The highest BCUT2D eigenvalue weighted by atomic mass is 16.6. The van der Waals surface area contributed by atoms with Crippen LogP contribution in [0.3, 0.4) is 0 Å². The largest absolute Gasteiger partial charge is 0.491 e. The second kappa shape index (κ2) is 15.8. The monoisotopic (exact) mass is 576 g/mol. The lowest BCUT2D eigenvalue weighted by Gasteiger charge is -2.33. The van der Waals surface area contributed by atoms with E-state index in [9.17, 15) is 0 Å². The molecule has 3 aromatic carbocycles. The molecular weight excluding hydrogens is 532 g/mol. The Bertz CT molecular complexity index is 1210. The van der Waals surface area contributed by atoms with Crippen LogP contribution in [0.4, 0.5) is 5.69 Å². The molecule has 3 atom stereocenters. The van der Waals surface area contributed by atoms with Crippen molar-refractivity contribution in [2.24, 2.45) is 0 Å². The van der Waals surface area contributed by atoms with E-state index in [1.807, 2.05) is 42.5 Å². The minimum Gasteiger partial charge on any atom is -0.491 e. The van der Waals surface area contributed by atoms with E-state index in [2.05, 4.69) is 40.5 Å². The smallest absolute Gasteiger partial charge is 0.142 e. The van der Waals surface area contributed by atoms with Gasteiger partial charge in [-0.15, -0.1) is 0 Å². The van der Waals surface area contributed by atoms with Crippen molar-refractivity contribution in [2.45, 2.75) is 37.6 Å². The summed E-state index contributed by atoms with van der Waals surface area (Å²) in [4.78, 5) is 2.39. The van der Waals surface area contributed by atoms with Crippen LogP contribution in [0.15, 0.2) is 72.8 Å². The fraction of sp³-hybridized carbons (Fsp3) is 0.471. The van der Waals surface area contributed by atoms with Crippen LogP contribution < -0.4 is 24.4 Å². The van der Waals surface area contributed by atoms with Crippen LogP contribution in [0.5, 0.6) is 17.2 Å². The summed E-state index contributed by atoms with van der Waals surface area (Å²) in [6.45, 7) is 6.53. The van der Waals surface area contributed by atoms with Gasteiger partial charge in [0.1, 0.15) is 43.2 Å². The van der Waals surface area contributed by atoms with Gasteiger partial charge in [-0.2, -0.15) is 0 Å². The van der Waals surface area contributed by atoms with E-state index in [1.165, 1.54) is 5.56 Å². The van der Waals surface area contributed by atoms with Crippen LogP contribution in [-0.2, 0) is 20.8 Å². The zero-order valence-corrected chi connectivity index (χ0v) is 24.8. The average molecular weight is 577 g/mol. The third-order valence-corrected chi connectivity index (χ3v) is 7.91. The molecule has 0 bridgehead atoms. The number of para-hydroxylation sites is 1. The molecule has 1 saturated heterocycles. The molecule has 1 N–H and O–H groups in total. The molecule has 0 radical (unpaired) electrons. The Kier molecular flexibility index (Phi) is 11.3. The van der Waals surface area contributed by atoms with Gasteiger partial charge in [0.05, 0.1) is 24.9 Å². The standard InChI is InChI=1S/C34H44N2O6/c1-37-19-6-17-36-18-20-39-33-14-9-26(21-32(33)36)23-42-34-22-35-16-15-31(34)27-10-12-29(13-11-27)41-25-30(38-2)24-40-28-7-4-3-5-8-28/h3-5,7-14,21,30-31,34-35H,6,15-20,22-25H2,1-2H3/t30-,31-,34+/m1/s1. The normalized spacial score (nSPS) is 19.0. The van der Waals surface area contributed by atoms with Gasteiger partial charge in [0.25, 0.3) is 0 Å². The molecule has 2 heterocycles. The van der Waals surface area contributed by atoms with E-state index in [0.29, 0.717) is 32.3 Å². The number of rotatable bonds is 15. The third kappa shape index (κ3) is 8.38. The van der Waals surface area contributed by atoms with Gasteiger partial charge < -0.3 is 38.6 Å². The molecule has 0 amide bonds. The molecule has 1 fully saturated rings. The second-order valence-electron chi connectivity index (χ2n) is 10.8. The van der Waals surface area contributed by atoms with Crippen LogP contribution in [0.1, 0.15) is 29.9 Å². The van der Waals surface area contributed by atoms with Crippen LogP contribution >= 0.6 is 0 Å². The number of hydrogen-bond donors (Lipinski definition) is 1. The van der Waals surface area contributed by atoms with Gasteiger partial charge >= 0.3 is 0 Å². The Morgan fingerprint density at radius 2 is 1.74 bits per heavy atom. The lowest BCUT2D eigenvalue weighted by atomic mass is 9.87. The summed E-state index contributed by atoms with van der Waals surface area (Å²) < 4.78 is 35.1. The summed E-state index contributed by atoms with van der Waals surface area (Å²) in [5, 5.41) is 3.52. The first kappa shape index (κ1) is 30.2. The molecule has 0 unspecified atom stereocenters. The summed E-state index contributed by atoms with van der Waals surface area (Å²) in [6, 6.07) is 24.6. The van der Waals surface area contributed by atoms with Crippen molar-refractivity contribution >= 4 is 5.69 Å². The molecule has 0 saturated carbocycles. The highest BCUT2D eigenvalue weighted by Crippen LogP contribution is 2.34. The van der Waals surface area contributed by atoms with Crippen molar-refractivity contribution in [2.75, 3.05) is 71.7 Å². The highest BCUT2D eigenvalue weighted by molar-refractivity contribution is 5.61. The fourth-order valence-corrected chi connectivity index (χ4v) is 5.52. The van der Waals surface area contributed by atoms with Crippen LogP contribution in [-0.4, -0.2) is 79.0 Å². The van der Waals surface area contributed by atoms with E-state index in [1.54, 1.807) is 14.2 Å². The van der Waals surface area contributed by atoms with E-state index in [-0.39, 0.29) is 12.2 Å². The Balaban J connectivity index is 1.14. The third-order valence-electron chi connectivity index (χ3n) is 7.91. The summed E-state index contributed by atoms with van der Waals surface area (Å²) in [7, 11) is 3.43. The first-order chi connectivity index (χ1) is 20.7. The number of nitrogens with zero attached hydrogens (tertiary/aromatic N) is 1. The van der Waals surface area contributed by atoms with Crippen molar-refractivity contribution in [1.82, 2.24) is 5.32 Å². The minimum atomic E-state index is -0.167. The van der Waals surface area contributed by atoms with Gasteiger partial charge in [0.15, 0.2) is 0 Å². The topological polar surface area (TPSA) is 70.7 Å². The van der Waals surface area contributed by atoms with Crippen molar-refractivity contribution in [3.05, 3.63) is 83.9 Å². The minimum absolute atomic E-state index is 0.0867. The molecule has 226 valence electrons. The number of benzene rings is 3. The molecule has 0 aliphatic carbocycles. The zero-order valence-electron chi connectivity index (χ0n) is 24.8. The number of anilines is 1. The quantitative estimate of drug-likeness (QED) is 0.252. The van der Waals surface area contributed by atoms with E-state index >= 15 is 0 Å². The predicted molar refractivity (Wildman–Crippen MR) is 164 cm³/mol. The van der Waals surface area contributed by atoms with Gasteiger partial charge in [-0.25, -0.2) is 0 Å². The molecule has 5 rings (SSSR count). The molecule has 2 aliphatic heterocycles. The Morgan fingerprint density at radius 1 is 0.952 bits per heavy atom. The number of nitrogens with one attached hydrogen (secondary N) is 1. The van der Waals surface area contributed by atoms with Crippen molar-refractivity contribution in [3.8, 4) is 17.2 Å². The fourth-order valence-electron chi connectivity index (χ4n) is 5.52. The van der Waals surface area contributed by atoms with Gasteiger partial charge in [0, 0.05) is 39.8 Å². The van der Waals surface area contributed by atoms with E-state index < -0.39 is 0 Å². The SMILES string of the molecule is COCCCN1CCOc2ccc(CO[C@H]3CNCC[C@@H]3c3ccc(OC[C@@H](COc4ccccc4)OC)cc3)cc21. The highest BCUT2D eigenvalue weighted by Gasteiger charge is 2.27. The molecule has 8 nitrogen and oxygen atoms in total. The number of fused-ring (bicyclic) bond motifs is 1. The molecule has 0 spiro atoms. The number of methoxy groups -OCH3 is 2. The van der Waals surface area contributed by atoms with Gasteiger partial charge in [0.2, 0.25) is 0 Å². The lowest BCUT2D eigenvalue weighted by Crippen LogP contribution is -2.41. The number of hydrogen-bond acceptors (Lipinski definition) is 8. The number of piperidine rings is 1. The van der Waals surface area contributed by atoms with Crippen molar-refractivity contribution in [3.63, 3.8) is 0 Å². The molecule has 0 aromatic heterocycles.